The van der Waals surface area contributed by atoms with E-state index in [0.717, 1.165) is 69.1 Å². The first-order chi connectivity index (χ1) is 28.0. The van der Waals surface area contributed by atoms with E-state index in [1.54, 1.807) is 18.2 Å². The first-order valence-electron chi connectivity index (χ1n) is 23.8. The molecule has 0 saturated carbocycles. The summed E-state index contributed by atoms with van der Waals surface area (Å²) in [5.74, 6) is 0.847. The second kappa shape index (κ2) is 31.7. The molecule has 0 saturated heterocycles. The third-order valence-electron chi connectivity index (χ3n) is 11.4. The second-order valence-corrected chi connectivity index (χ2v) is 17.9. The molecule has 0 aromatic heterocycles. The number of amides is 2. The number of benzene rings is 2. The van der Waals surface area contributed by atoms with E-state index in [-0.39, 0.29) is 17.1 Å². The van der Waals surface area contributed by atoms with E-state index in [4.69, 9.17) is 15.2 Å². The van der Waals surface area contributed by atoms with Gasteiger partial charge < -0.3 is 19.9 Å². The third kappa shape index (κ3) is 24.0. The molecule has 2 aromatic carbocycles. The third-order valence-corrected chi connectivity index (χ3v) is 11.4. The molecule has 0 bridgehead atoms. The topological polar surface area (TPSA) is 109 Å². The van der Waals surface area contributed by atoms with Gasteiger partial charge in [-0.05, 0) is 86.3 Å². The highest BCUT2D eigenvalue weighted by atomic mass is 16.5. The number of rotatable bonds is 36. The first-order valence-corrected chi connectivity index (χ1v) is 23.8. The number of hydrogen-bond donors (Lipinski definition) is 2. The molecular formula is C51H85N2O5. The Balaban J connectivity index is 1.54. The van der Waals surface area contributed by atoms with Crippen molar-refractivity contribution in [3.8, 4) is 17.2 Å². The molecule has 0 aliphatic rings. The van der Waals surface area contributed by atoms with Crippen molar-refractivity contribution >= 4 is 11.8 Å². The van der Waals surface area contributed by atoms with E-state index in [1.807, 2.05) is 26.8 Å². The molecule has 2 amide bonds. The fourth-order valence-corrected chi connectivity index (χ4v) is 7.71. The minimum Gasteiger partial charge on any atom is -0.508 e. The van der Waals surface area contributed by atoms with E-state index < -0.39 is 18.1 Å². The standard InChI is InChI=1S/C51H85N2O5/c1-6-8-10-11-12-13-14-15-16-19-22-25-28-32-42-33-31-34-43(40-42)58-48(35-9-7-2)50(56)53-39-30-27-24-21-18-17-20-23-26-29-36-47(49(52)55)57-44-37-38-46(54)45(41-44)51(3,4)5/h31,33-34,37-38,40-41,47-48,52,54H,6-30,32,35-36,39H2,1-5H3,(H,53,56). The Hall–Kier alpha value is -3.22. The number of unbranched alkanes of at least 4 members (excludes halogenated alkanes) is 22. The maximum atomic E-state index is 13.2. The molecule has 1 radical (unpaired) electrons. The highest BCUT2D eigenvalue weighted by Gasteiger charge is 2.22. The molecule has 0 heterocycles. The van der Waals surface area contributed by atoms with Gasteiger partial charge in [-0.3, -0.25) is 15.3 Å². The lowest BCUT2D eigenvalue weighted by molar-refractivity contribution is -0.128. The summed E-state index contributed by atoms with van der Waals surface area (Å²) in [6, 6.07) is 13.4. The van der Waals surface area contributed by atoms with Crippen LogP contribution in [0.25, 0.3) is 0 Å². The normalized spacial score (nSPS) is 12.6. The van der Waals surface area contributed by atoms with Crippen LogP contribution in [0.1, 0.15) is 219 Å². The van der Waals surface area contributed by atoms with Crippen LogP contribution in [0.2, 0.25) is 0 Å². The van der Waals surface area contributed by atoms with Gasteiger partial charge in [0.05, 0.1) is 0 Å². The number of aryl methyl sites for hydroxylation is 1. The van der Waals surface area contributed by atoms with Crippen LogP contribution in [-0.4, -0.2) is 35.7 Å². The largest absolute Gasteiger partial charge is 0.508 e. The smallest absolute Gasteiger partial charge is 0.279 e. The molecule has 7 nitrogen and oxygen atoms in total. The summed E-state index contributed by atoms with van der Waals surface area (Å²) in [5, 5.41) is 13.4. The molecule has 2 unspecified atom stereocenters. The van der Waals surface area contributed by atoms with Crippen molar-refractivity contribution in [2.75, 3.05) is 6.54 Å². The Morgan fingerprint density at radius 3 is 1.64 bits per heavy atom. The number of carbonyl (C=O) groups excluding carboxylic acids is 2. The van der Waals surface area contributed by atoms with Crippen LogP contribution >= 0.6 is 0 Å². The Morgan fingerprint density at radius 2 is 1.09 bits per heavy atom. The van der Waals surface area contributed by atoms with Crippen molar-refractivity contribution in [1.82, 2.24) is 11.1 Å². The lowest BCUT2D eigenvalue weighted by atomic mass is 9.86. The van der Waals surface area contributed by atoms with Gasteiger partial charge >= 0.3 is 0 Å². The van der Waals surface area contributed by atoms with Crippen molar-refractivity contribution in [1.29, 1.82) is 0 Å². The predicted octanol–water partition coefficient (Wildman–Crippen LogP) is 13.9. The van der Waals surface area contributed by atoms with Crippen LogP contribution in [0.15, 0.2) is 42.5 Å². The van der Waals surface area contributed by atoms with Crippen LogP contribution in [0.4, 0.5) is 0 Å². The molecule has 2 aromatic rings. The van der Waals surface area contributed by atoms with Crippen LogP contribution in [-0.2, 0) is 21.4 Å². The van der Waals surface area contributed by atoms with Gasteiger partial charge in [0.2, 0.25) is 0 Å². The van der Waals surface area contributed by atoms with Gasteiger partial charge in [0.15, 0.2) is 12.2 Å². The minimum atomic E-state index is -0.780. The van der Waals surface area contributed by atoms with Crippen molar-refractivity contribution in [2.24, 2.45) is 0 Å². The van der Waals surface area contributed by atoms with Crippen molar-refractivity contribution in [2.45, 2.75) is 232 Å². The predicted molar refractivity (Wildman–Crippen MR) is 243 cm³/mol. The SMILES string of the molecule is CCCCCCCCCCCCCCCc1cccc(OC(CCCC)C(=O)NCCCCCCCCCCCCC(Oc2ccc(O)c(C(C)(C)C)c2)C([NH])=O)c1. The zero-order valence-electron chi connectivity index (χ0n) is 37.8. The maximum absolute atomic E-state index is 13.2. The molecule has 3 N–H and O–H groups in total. The fraction of sp³-hybridized carbons (Fsp3) is 0.725. The van der Waals surface area contributed by atoms with Crippen molar-refractivity contribution in [3.05, 3.63) is 53.6 Å². The van der Waals surface area contributed by atoms with E-state index in [1.165, 1.54) is 121 Å². The number of phenolic OH excluding ortho intramolecular Hbond substituents is 1. The van der Waals surface area contributed by atoms with Gasteiger partial charge in [0, 0.05) is 12.1 Å². The van der Waals surface area contributed by atoms with Gasteiger partial charge in [0.25, 0.3) is 11.8 Å². The maximum Gasteiger partial charge on any atom is 0.279 e. The highest BCUT2D eigenvalue weighted by Crippen LogP contribution is 2.34. The average Bonchev–Trinajstić information content (AvgIpc) is 3.19. The summed E-state index contributed by atoms with van der Waals surface area (Å²) < 4.78 is 12.2. The minimum absolute atomic E-state index is 0.00958. The molecule has 2 rings (SSSR count). The van der Waals surface area contributed by atoms with Gasteiger partial charge in [-0.1, -0.05) is 182 Å². The Kier molecular flexibility index (Phi) is 27.8. The van der Waals surface area contributed by atoms with Crippen LogP contribution in [0, 0.1) is 0 Å². The molecule has 2 atom stereocenters. The lowest BCUT2D eigenvalue weighted by Gasteiger charge is -2.22. The Bertz CT molecular complexity index is 1350. The summed E-state index contributed by atoms with van der Waals surface area (Å²) in [5.41, 5.74) is 9.49. The highest BCUT2D eigenvalue weighted by molar-refractivity contribution is 5.81. The van der Waals surface area contributed by atoms with Crippen molar-refractivity contribution < 1.29 is 24.2 Å². The Morgan fingerprint density at radius 1 is 0.603 bits per heavy atom. The summed E-state index contributed by atoms with van der Waals surface area (Å²) in [6.45, 7) is 11.2. The summed E-state index contributed by atoms with van der Waals surface area (Å²) in [6.07, 6.45) is 31.9. The summed E-state index contributed by atoms with van der Waals surface area (Å²) in [7, 11) is 0. The van der Waals surface area contributed by atoms with Crippen molar-refractivity contribution in [3.63, 3.8) is 0 Å². The molecule has 58 heavy (non-hydrogen) atoms. The van der Waals surface area contributed by atoms with E-state index in [2.05, 4.69) is 37.4 Å². The molecule has 0 spiro atoms. The zero-order chi connectivity index (χ0) is 42.3. The molecule has 0 fully saturated rings. The number of phenols is 1. The lowest BCUT2D eigenvalue weighted by Crippen LogP contribution is -2.38. The Labute approximate surface area is 355 Å². The molecule has 0 aliphatic carbocycles. The second-order valence-electron chi connectivity index (χ2n) is 17.9. The first kappa shape index (κ1) is 50.9. The van der Waals surface area contributed by atoms with Crippen LogP contribution in [0.5, 0.6) is 17.2 Å². The zero-order valence-corrected chi connectivity index (χ0v) is 37.8. The summed E-state index contributed by atoms with van der Waals surface area (Å²) in [4.78, 5) is 25.1. The number of carbonyl (C=O) groups is 2. The van der Waals surface area contributed by atoms with E-state index in [9.17, 15) is 14.7 Å². The van der Waals surface area contributed by atoms with E-state index >= 15 is 0 Å². The van der Waals surface area contributed by atoms with Gasteiger partial charge in [0.1, 0.15) is 17.2 Å². The van der Waals surface area contributed by atoms with E-state index in [0.29, 0.717) is 18.7 Å². The van der Waals surface area contributed by atoms with Gasteiger partial charge in [-0.25, -0.2) is 0 Å². The van der Waals surface area contributed by atoms with Crippen LogP contribution in [0.3, 0.4) is 0 Å². The number of aromatic hydroxyl groups is 1. The molecule has 329 valence electrons. The van der Waals surface area contributed by atoms with Gasteiger partial charge in [-0.15, -0.1) is 0 Å². The number of nitrogens with one attached hydrogen (secondary N) is 2. The molecule has 7 heteroatoms. The summed E-state index contributed by atoms with van der Waals surface area (Å²) >= 11 is 0. The molecule has 0 aliphatic heterocycles. The van der Waals surface area contributed by atoms with Gasteiger partial charge in [-0.2, -0.15) is 0 Å². The number of hydrogen-bond acceptors (Lipinski definition) is 5. The number of ether oxygens (including phenoxy) is 2. The average molecular weight is 806 g/mol. The molecular weight excluding hydrogens is 721 g/mol. The quantitative estimate of drug-likeness (QED) is 0.0667. The fourth-order valence-electron chi connectivity index (χ4n) is 7.71. The monoisotopic (exact) mass is 806 g/mol. The van der Waals surface area contributed by atoms with Crippen LogP contribution < -0.4 is 20.5 Å².